The van der Waals surface area contributed by atoms with Crippen molar-refractivity contribution in [1.29, 1.82) is 0 Å². The number of aromatic nitrogens is 1. The van der Waals surface area contributed by atoms with E-state index >= 15 is 0 Å². The van der Waals surface area contributed by atoms with Crippen LogP contribution in [0.15, 0.2) is 18.2 Å². The van der Waals surface area contributed by atoms with E-state index in [1.54, 1.807) is 0 Å². The average molecular weight is 373 g/mol. The van der Waals surface area contributed by atoms with Gasteiger partial charge in [0.05, 0.1) is 17.7 Å². The molecule has 1 aromatic carbocycles. The summed E-state index contributed by atoms with van der Waals surface area (Å²) in [5.74, 6) is 0.317. The fourth-order valence-corrected chi connectivity index (χ4v) is 4.20. The highest BCUT2D eigenvalue weighted by atomic mass is 16.3. The van der Waals surface area contributed by atoms with Gasteiger partial charge in [0.15, 0.2) is 0 Å². The highest BCUT2D eigenvalue weighted by Crippen LogP contribution is 2.29. The molecule has 0 spiro atoms. The first kappa shape index (κ1) is 19.9. The number of hydrogen-bond donors (Lipinski definition) is 3. The fourth-order valence-electron chi connectivity index (χ4n) is 4.20. The molecular weight excluding hydrogens is 342 g/mol. The van der Waals surface area contributed by atoms with Crippen molar-refractivity contribution in [3.63, 3.8) is 0 Å². The Hall–Kier alpha value is -1.89. The van der Waals surface area contributed by atoms with Gasteiger partial charge in [0, 0.05) is 49.8 Å². The number of hydrogen-bond acceptors (Lipinski definition) is 4. The van der Waals surface area contributed by atoms with E-state index < -0.39 is 0 Å². The predicted octanol–water partition coefficient (Wildman–Crippen LogP) is 1.78. The minimum Gasteiger partial charge on any atom is -0.396 e. The van der Waals surface area contributed by atoms with Crippen molar-refractivity contribution in [3.8, 4) is 0 Å². The summed E-state index contributed by atoms with van der Waals surface area (Å²) in [6, 6.07) is 5.86. The molecule has 1 aromatic heterocycles. The minimum atomic E-state index is 0.0213. The number of likely N-dealkylation sites (tertiary alicyclic amines) is 1. The van der Waals surface area contributed by atoms with Crippen LogP contribution in [0.3, 0.4) is 0 Å². The first-order valence-electron chi connectivity index (χ1n) is 9.81. The maximum Gasteiger partial charge on any atom is 0.256 e. The molecule has 1 aliphatic heterocycles. The van der Waals surface area contributed by atoms with Crippen molar-refractivity contribution < 1.29 is 15.0 Å². The number of aliphatic hydroxyl groups excluding tert-OH is 2. The van der Waals surface area contributed by atoms with Gasteiger partial charge in [-0.1, -0.05) is 19.1 Å². The zero-order valence-corrected chi connectivity index (χ0v) is 16.5. The highest BCUT2D eigenvalue weighted by molar-refractivity contribution is 6.06. The zero-order valence-electron chi connectivity index (χ0n) is 16.5. The van der Waals surface area contributed by atoms with Gasteiger partial charge in [-0.2, -0.15) is 0 Å². The average Bonchev–Trinajstić information content (AvgIpc) is 3.21. The van der Waals surface area contributed by atoms with E-state index in [9.17, 15) is 15.0 Å². The molecule has 0 bridgehead atoms. The molecule has 3 N–H and O–H groups in total. The summed E-state index contributed by atoms with van der Waals surface area (Å²) < 4.78 is 0. The Bertz CT molecular complexity index is 801. The Morgan fingerprint density at radius 3 is 2.67 bits per heavy atom. The third-order valence-electron chi connectivity index (χ3n) is 6.03. The number of aryl methyl sites for hydroxylation is 2. The number of para-hydroxylation sites is 1. The number of rotatable bonds is 7. The quantitative estimate of drug-likeness (QED) is 0.691. The van der Waals surface area contributed by atoms with Crippen LogP contribution in [0.2, 0.25) is 0 Å². The summed E-state index contributed by atoms with van der Waals surface area (Å²) in [7, 11) is 0. The Balaban J connectivity index is 1.81. The number of amides is 1. The maximum atomic E-state index is 13.2. The van der Waals surface area contributed by atoms with Crippen LogP contribution in [0.1, 0.15) is 28.5 Å². The second-order valence-corrected chi connectivity index (χ2v) is 7.63. The lowest BCUT2D eigenvalue weighted by atomic mass is 9.96. The summed E-state index contributed by atoms with van der Waals surface area (Å²) >= 11 is 0. The molecule has 1 amide bonds. The van der Waals surface area contributed by atoms with Crippen molar-refractivity contribution in [2.24, 2.45) is 11.8 Å². The molecule has 27 heavy (non-hydrogen) atoms. The predicted molar refractivity (Wildman–Crippen MR) is 107 cm³/mol. The molecule has 3 rings (SSSR count). The summed E-state index contributed by atoms with van der Waals surface area (Å²) in [5.41, 5.74) is 3.86. The van der Waals surface area contributed by atoms with Crippen LogP contribution < -0.4 is 0 Å². The Labute approximate surface area is 160 Å². The third kappa shape index (κ3) is 3.88. The maximum absolute atomic E-state index is 13.2. The van der Waals surface area contributed by atoms with E-state index in [0.717, 1.165) is 29.7 Å². The van der Waals surface area contributed by atoms with Gasteiger partial charge in [0.1, 0.15) is 0 Å². The van der Waals surface area contributed by atoms with E-state index in [1.807, 2.05) is 30.0 Å². The van der Waals surface area contributed by atoms with Gasteiger partial charge >= 0.3 is 0 Å². The summed E-state index contributed by atoms with van der Waals surface area (Å²) in [4.78, 5) is 20.7. The van der Waals surface area contributed by atoms with Gasteiger partial charge in [0.2, 0.25) is 0 Å². The molecule has 6 nitrogen and oxygen atoms in total. The molecular formula is C21H31N3O3. The summed E-state index contributed by atoms with van der Waals surface area (Å²) in [6.45, 7) is 9.84. The van der Waals surface area contributed by atoms with Crippen molar-refractivity contribution >= 4 is 16.8 Å². The van der Waals surface area contributed by atoms with Gasteiger partial charge in [0.25, 0.3) is 5.91 Å². The van der Waals surface area contributed by atoms with Crippen molar-refractivity contribution in [2.75, 3.05) is 45.9 Å². The number of nitrogens with one attached hydrogen (secondary N) is 1. The van der Waals surface area contributed by atoms with E-state index in [4.69, 9.17) is 0 Å². The summed E-state index contributed by atoms with van der Waals surface area (Å²) in [6.07, 6.45) is 0. The Morgan fingerprint density at radius 1 is 1.26 bits per heavy atom. The summed E-state index contributed by atoms with van der Waals surface area (Å²) in [5, 5.41) is 20.1. The Morgan fingerprint density at radius 2 is 2.00 bits per heavy atom. The molecule has 1 saturated heterocycles. The van der Waals surface area contributed by atoms with Crippen LogP contribution in [0, 0.1) is 25.7 Å². The van der Waals surface area contributed by atoms with Gasteiger partial charge in [-0.15, -0.1) is 0 Å². The second-order valence-electron chi connectivity index (χ2n) is 7.63. The number of H-pyrrole nitrogens is 1. The zero-order chi connectivity index (χ0) is 19.6. The highest BCUT2D eigenvalue weighted by Gasteiger charge is 2.36. The second kappa shape index (κ2) is 8.42. The van der Waals surface area contributed by atoms with E-state index in [1.165, 1.54) is 5.56 Å². The molecule has 2 atom stereocenters. The molecule has 2 heterocycles. The largest absolute Gasteiger partial charge is 0.396 e. The number of aromatic amines is 1. The van der Waals surface area contributed by atoms with Crippen molar-refractivity contribution in [2.45, 2.75) is 20.8 Å². The van der Waals surface area contributed by atoms with Gasteiger partial charge < -0.3 is 25.0 Å². The normalized spacial score (nSPS) is 20.1. The van der Waals surface area contributed by atoms with Gasteiger partial charge in [-0.05, 0) is 37.9 Å². The van der Waals surface area contributed by atoms with Crippen LogP contribution >= 0.6 is 0 Å². The van der Waals surface area contributed by atoms with Crippen LogP contribution in [0.4, 0.5) is 0 Å². The SMILES string of the molecule is CCN(CCO)C[C@@H]1CN(C(=O)c2cccc3c(C)c(C)[nH]c23)C[C@@H]1CO. The van der Waals surface area contributed by atoms with Crippen molar-refractivity contribution in [1.82, 2.24) is 14.8 Å². The molecule has 1 aliphatic rings. The van der Waals surface area contributed by atoms with Crippen LogP contribution in [0.25, 0.3) is 10.9 Å². The third-order valence-corrected chi connectivity index (χ3v) is 6.03. The van der Waals surface area contributed by atoms with E-state index in [0.29, 0.717) is 25.2 Å². The van der Waals surface area contributed by atoms with E-state index in [-0.39, 0.29) is 31.0 Å². The first-order chi connectivity index (χ1) is 13.0. The number of fused-ring (bicyclic) bond motifs is 1. The molecule has 6 heteroatoms. The molecule has 0 unspecified atom stereocenters. The number of aliphatic hydroxyl groups is 2. The number of carbonyl (C=O) groups excluding carboxylic acids is 1. The molecule has 1 fully saturated rings. The number of nitrogens with zero attached hydrogens (tertiary/aromatic N) is 2. The van der Waals surface area contributed by atoms with Crippen LogP contribution in [0.5, 0.6) is 0 Å². The van der Waals surface area contributed by atoms with Crippen LogP contribution in [-0.2, 0) is 0 Å². The van der Waals surface area contributed by atoms with Crippen LogP contribution in [-0.4, -0.2) is 76.8 Å². The topological polar surface area (TPSA) is 79.8 Å². The van der Waals surface area contributed by atoms with E-state index in [2.05, 4.69) is 23.7 Å². The molecule has 148 valence electrons. The van der Waals surface area contributed by atoms with Gasteiger partial charge in [-0.25, -0.2) is 0 Å². The van der Waals surface area contributed by atoms with Crippen molar-refractivity contribution in [3.05, 3.63) is 35.0 Å². The number of benzene rings is 1. The molecule has 0 saturated carbocycles. The number of carbonyl (C=O) groups is 1. The lowest BCUT2D eigenvalue weighted by Gasteiger charge is -2.25. The standard InChI is InChI=1S/C21H31N3O3/c1-4-23(8-9-25)10-16-11-24(12-17(16)13-26)21(27)19-7-5-6-18-14(2)15(3)22-20(18)19/h5-7,16-17,22,25-26H,4,8-13H2,1-3H3/t16-,17-/m1/s1. The smallest absolute Gasteiger partial charge is 0.256 e. The minimum absolute atomic E-state index is 0.0213. The molecule has 0 aliphatic carbocycles. The molecule has 2 aromatic rings. The van der Waals surface area contributed by atoms with Gasteiger partial charge in [-0.3, -0.25) is 4.79 Å². The lowest BCUT2D eigenvalue weighted by molar-refractivity contribution is 0.0780. The number of likely N-dealkylation sites (N-methyl/N-ethyl adjacent to an activating group) is 1. The fraction of sp³-hybridized carbons (Fsp3) is 0.571. The molecule has 0 radical (unpaired) electrons. The lowest BCUT2D eigenvalue weighted by Crippen LogP contribution is -2.36. The monoisotopic (exact) mass is 373 g/mol. The first-order valence-corrected chi connectivity index (χ1v) is 9.81. The Kier molecular flexibility index (Phi) is 6.19.